The molecule has 2 aromatic heterocycles. The van der Waals surface area contributed by atoms with Gasteiger partial charge in [-0.05, 0) is 49.6 Å². The highest BCUT2D eigenvalue weighted by atomic mass is 31.3. The largest absolute Gasteiger partial charge is 0.737 e. The first-order valence-electron chi connectivity index (χ1n) is 19.3. The van der Waals surface area contributed by atoms with E-state index in [1.54, 1.807) is 38.1 Å². The van der Waals surface area contributed by atoms with Gasteiger partial charge in [-0.3, -0.25) is 13.9 Å². The van der Waals surface area contributed by atoms with Crippen LogP contribution < -0.4 is 16.7 Å². The number of fused-ring (bicyclic) bond motifs is 2. The molecule has 22 nitrogen and oxygen atoms in total. The third-order valence-electron chi connectivity index (χ3n) is 9.72. The van der Waals surface area contributed by atoms with Crippen molar-refractivity contribution in [1.82, 2.24) is 19.3 Å². The maximum atomic E-state index is 15.7. The van der Waals surface area contributed by atoms with E-state index in [1.807, 2.05) is 0 Å². The average Bonchev–Trinajstić information content (AvgIpc) is 3.87. The summed E-state index contributed by atoms with van der Waals surface area (Å²) in [5, 5.41) is 2.42. The first-order chi connectivity index (χ1) is 29.9. The van der Waals surface area contributed by atoms with Crippen molar-refractivity contribution >= 4 is 59.9 Å². The number of rotatable bonds is 21. The van der Waals surface area contributed by atoms with Gasteiger partial charge < -0.3 is 62.4 Å². The molecule has 64 heavy (non-hydrogen) atoms. The first kappa shape index (κ1) is 50.3. The van der Waals surface area contributed by atoms with Crippen molar-refractivity contribution in [3.8, 4) is 11.8 Å². The van der Waals surface area contributed by atoms with Gasteiger partial charge in [-0.1, -0.05) is 24.5 Å². The smallest absolute Gasteiger partial charge is 0.445 e. The van der Waals surface area contributed by atoms with E-state index in [2.05, 4.69) is 48.4 Å². The molecule has 1 saturated heterocycles. The number of phosphoric ester groups is 1. The second kappa shape index (κ2) is 20.7. The van der Waals surface area contributed by atoms with Crippen LogP contribution in [0.2, 0.25) is 0 Å². The number of allylic oxidation sites excluding steroid dienone is 2. The van der Waals surface area contributed by atoms with Gasteiger partial charge in [0.05, 0.1) is 31.4 Å². The van der Waals surface area contributed by atoms with E-state index < -0.39 is 67.3 Å². The summed E-state index contributed by atoms with van der Waals surface area (Å²) in [6.45, 7) is 5.42. The van der Waals surface area contributed by atoms with Gasteiger partial charge in [-0.2, -0.15) is 13.6 Å². The van der Waals surface area contributed by atoms with Crippen molar-refractivity contribution in [2.75, 3.05) is 32.1 Å². The number of aryl methyl sites for hydroxylation is 2. The minimum absolute atomic E-state index is 0.0346. The van der Waals surface area contributed by atoms with E-state index in [9.17, 15) is 37.9 Å². The quantitative estimate of drug-likeness (QED) is 0.0447. The Balaban J connectivity index is 1.05. The van der Waals surface area contributed by atoms with Gasteiger partial charge in [0, 0.05) is 55.8 Å². The number of halogens is 2. The zero-order valence-electron chi connectivity index (χ0n) is 34.4. The Kier molecular flexibility index (Phi) is 16.3. The number of amides is 1. The molecule has 1 amide bonds. The maximum Gasteiger partial charge on any atom is 0.737 e. The summed E-state index contributed by atoms with van der Waals surface area (Å²) in [4.78, 5) is 78.2. The lowest BCUT2D eigenvalue weighted by atomic mass is 9.90. The highest BCUT2D eigenvalue weighted by Crippen LogP contribution is 2.66. The Morgan fingerprint density at radius 2 is 1.88 bits per heavy atom. The van der Waals surface area contributed by atoms with Crippen LogP contribution in [0, 0.1) is 25.7 Å². The molecule has 2 aromatic rings. The van der Waals surface area contributed by atoms with E-state index in [0.717, 1.165) is 19.1 Å². The fraction of sp³-hybridized carbons (Fsp3) is 0.417. The molecule has 348 valence electrons. The third kappa shape index (κ3) is 13.2. The summed E-state index contributed by atoms with van der Waals surface area (Å²) in [6.07, 6.45) is 4.50. The lowest BCUT2D eigenvalue weighted by Crippen LogP contribution is -2.50. The number of hydrogen-bond donors (Lipinski definition) is 6. The van der Waals surface area contributed by atoms with Crippen LogP contribution in [-0.2, 0) is 45.8 Å². The summed E-state index contributed by atoms with van der Waals surface area (Å²) in [5.41, 5.74) is 8.03. The molecule has 0 radical (unpaired) electrons. The number of anilines is 1. The highest BCUT2D eigenvalue weighted by molar-refractivity contribution is 7.66. The number of Topliss-reactive ketones (excluding diaryl/α,β-unsaturated/α-hetero) is 1. The van der Waals surface area contributed by atoms with E-state index in [0.29, 0.717) is 41.2 Å². The number of nitrogens with zero attached hydrogens (tertiary/aromatic N) is 4. The minimum atomic E-state index is -5.78. The Morgan fingerprint density at radius 3 is 2.58 bits per heavy atom. The van der Waals surface area contributed by atoms with Crippen LogP contribution in [0.15, 0.2) is 59.7 Å². The molecule has 3 aliphatic rings. The number of nitrogens with two attached hydrogens (primary N) is 1. The topological polar surface area (TPSA) is 303 Å². The van der Waals surface area contributed by atoms with Crippen LogP contribution in [0.25, 0.3) is 6.08 Å². The highest BCUT2D eigenvalue weighted by Gasteiger charge is 2.52. The monoisotopic (exact) mass is 960 g/mol. The predicted molar refractivity (Wildman–Crippen MR) is 224 cm³/mol. The van der Waals surface area contributed by atoms with Crippen LogP contribution in [0.3, 0.4) is 0 Å². The second-order valence-corrected chi connectivity index (χ2v) is 19.0. The molecule has 0 aromatic carbocycles. The lowest BCUT2D eigenvalue weighted by Gasteiger charge is -2.30. The number of nitrogens with one attached hydrogen (secondary N) is 1. The Labute approximate surface area is 364 Å². The van der Waals surface area contributed by atoms with Crippen molar-refractivity contribution in [2.24, 2.45) is 0 Å². The molecule has 3 aliphatic heterocycles. The SMILES string of the molecule is C=CCOC1C[C@H](n2cc(C#CCNC(=O)OCC(=C)CCCC(=O)CCC3=[N+]4C(=Cc5c(C)cc(C)n5[B-]4(F)F)C=C3)c(N)nc2=O)O[C@@H]1COP(=O)(O)OP(=O)(O)OP(=O)(O)O. The molecular formula is C36H46BF2N6O16P3. The normalized spacial score (nSPS) is 20.6. The van der Waals surface area contributed by atoms with Crippen LogP contribution >= 0.6 is 23.5 Å². The number of ether oxygens (including phenoxy) is 3. The second-order valence-electron chi connectivity index (χ2n) is 14.6. The fourth-order valence-electron chi connectivity index (χ4n) is 7.01. The number of alkyl carbamates (subject to hydrolysis) is 1. The van der Waals surface area contributed by atoms with Crippen molar-refractivity contribution in [2.45, 2.75) is 70.8 Å². The fourth-order valence-corrected chi connectivity index (χ4v) is 10.0. The lowest BCUT2D eigenvalue weighted by molar-refractivity contribution is -0.362. The van der Waals surface area contributed by atoms with Crippen LogP contribution in [0.1, 0.15) is 67.3 Å². The summed E-state index contributed by atoms with van der Waals surface area (Å²) in [5.74, 6) is 4.93. The standard InChI is InChI=1S/C36H46BF2N6O16P3/c1-5-16-56-31-19-33(59-32(31)22-58-63(52,53)61-64(54,55)60-62(49,50)51)43-20-26(34(40)42-35(43)47)9-7-15-41-36(48)57-21-23(2)8-6-10-29(46)14-13-27-11-12-28-18-30-24(3)17-25(4)44(30)37(38,39)45(27)28/h5,11-12,17-18,20,31-33H,1-2,6,8,10,13-16,19,21-22H2,3-4H3,(H,41,48)(H,52,53)(H,54,55)(H2,40,42,47)(H2,49,50,51)/t31?,32-,33-/m1/s1. The Bertz CT molecular complexity index is 2560. The van der Waals surface area contributed by atoms with E-state index in [4.69, 9.17) is 29.7 Å². The molecule has 5 atom stereocenters. The summed E-state index contributed by atoms with van der Waals surface area (Å²) in [7, 11) is -16.9. The van der Waals surface area contributed by atoms with Crippen LogP contribution in [-0.4, -0.2) is 101 Å². The van der Waals surface area contributed by atoms with Crippen molar-refractivity contribution in [3.05, 3.63) is 87.9 Å². The first-order valence-corrected chi connectivity index (χ1v) is 23.8. The van der Waals surface area contributed by atoms with E-state index in [1.165, 1.54) is 12.3 Å². The summed E-state index contributed by atoms with van der Waals surface area (Å²) < 4.78 is 97.9. The van der Waals surface area contributed by atoms with Gasteiger partial charge in [0.15, 0.2) is 5.70 Å². The Morgan fingerprint density at radius 1 is 1.14 bits per heavy atom. The summed E-state index contributed by atoms with van der Waals surface area (Å²) in [6, 6.07) is 1.72. The van der Waals surface area contributed by atoms with Crippen LogP contribution in [0.5, 0.6) is 0 Å². The number of carbonyl (C=O) groups excluding carboxylic acids is 2. The molecular weight excluding hydrogens is 914 g/mol. The number of hydrogen-bond acceptors (Lipinski definition) is 14. The molecule has 28 heteroatoms. The van der Waals surface area contributed by atoms with E-state index in [-0.39, 0.29) is 62.6 Å². The van der Waals surface area contributed by atoms with E-state index >= 15 is 8.63 Å². The maximum absolute atomic E-state index is 15.7. The molecule has 0 spiro atoms. The minimum Gasteiger partial charge on any atom is -0.445 e. The van der Waals surface area contributed by atoms with Gasteiger partial charge >= 0.3 is 42.2 Å². The predicted octanol–water partition coefficient (Wildman–Crippen LogP) is 3.90. The van der Waals surface area contributed by atoms with Gasteiger partial charge in [-0.15, -0.1) is 6.58 Å². The Hall–Kier alpha value is -4.66. The van der Waals surface area contributed by atoms with Crippen molar-refractivity contribution in [3.63, 3.8) is 0 Å². The molecule has 5 rings (SSSR count). The molecule has 1 fully saturated rings. The van der Waals surface area contributed by atoms with Crippen LogP contribution in [0.4, 0.5) is 19.2 Å². The number of carbonyl (C=O) groups is 2. The number of aromatic nitrogens is 3. The molecule has 3 unspecified atom stereocenters. The summed E-state index contributed by atoms with van der Waals surface area (Å²) >= 11 is 0. The zero-order valence-corrected chi connectivity index (χ0v) is 37.1. The van der Waals surface area contributed by atoms with Gasteiger partial charge in [0.25, 0.3) is 0 Å². The number of nitrogen functional groups attached to an aromatic ring is 1. The molecule has 7 N–H and O–H groups in total. The number of phosphoric acid groups is 3. The van der Waals surface area contributed by atoms with Gasteiger partial charge in [0.2, 0.25) is 0 Å². The molecule has 5 heterocycles. The average molecular weight is 961 g/mol. The zero-order chi connectivity index (χ0) is 47.2. The van der Waals surface area contributed by atoms with Crippen molar-refractivity contribution < 1.29 is 83.3 Å². The van der Waals surface area contributed by atoms with Crippen molar-refractivity contribution in [1.29, 1.82) is 0 Å². The molecule has 0 bridgehead atoms. The number of ketones is 1. The molecule has 0 aliphatic carbocycles. The third-order valence-corrected chi connectivity index (χ3v) is 13.5. The van der Waals surface area contributed by atoms with Gasteiger partial charge in [-0.25, -0.2) is 23.3 Å². The van der Waals surface area contributed by atoms with Gasteiger partial charge in [0.1, 0.15) is 36.3 Å². The molecule has 0 saturated carbocycles.